The molecule has 1 spiro atoms. The maximum atomic E-state index is 12.1. The highest BCUT2D eigenvalue weighted by Gasteiger charge is 2.45. The van der Waals surface area contributed by atoms with Gasteiger partial charge in [0.1, 0.15) is 5.60 Å². The first-order chi connectivity index (χ1) is 9.36. The zero-order chi connectivity index (χ0) is 14.8. The Morgan fingerprint density at radius 3 is 2.55 bits per heavy atom. The van der Waals surface area contributed by atoms with Gasteiger partial charge in [0.15, 0.2) is 0 Å². The number of amides is 1. The van der Waals surface area contributed by atoms with Crippen LogP contribution in [0.4, 0.5) is 4.79 Å². The molecule has 1 N–H and O–H groups in total. The van der Waals surface area contributed by atoms with Crippen LogP contribution in [0, 0.1) is 22.7 Å². The Hall–Kier alpha value is -1.28. The second kappa shape index (κ2) is 5.61. The van der Waals surface area contributed by atoms with Gasteiger partial charge in [-0.25, -0.2) is 4.79 Å². The van der Waals surface area contributed by atoms with Gasteiger partial charge in [-0.1, -0.05) is 0 Å². The van der Waals surface area contributed by atoms with Crippen LogP contribution in [-0.4, -0.2) is 42.8 Å². The number of nitrogens with zero attached hydrogens (tertiary/aromatic N) is 2. The predicted molar refractivity (Wildman–Crippen MR) is 76.1 cm³/mol. The molecule has 2 aliphatic rings. The van der Waals surface area contributed by atoms with Gasteiger partial charge in [0.2, 0.25) is 0 Å². The van der Waals surface area contributed by atoms with Crippen molar-refractivity contribution in [3.05, 3.63) is 0 Å². The molecule has 0 aromatic heterocycles. The number of hydrogen-bond donors (Lipinski definition) is 1. The van der Waals surface area contributed by atoms with E-state index in [4.69, 9.17) is 4.74 Å². The predicted octanol–water partition coefficient (Wildman–Crippen LogP) is 2.14. The highest BCUT2D eigenvalue weighted by Crippen LogP contribution is 2.43. The average Bonchev–Trinajstić information content (AvgIpc) is 2.38. The van der Waals surface area contributed by atoms with Crippen molar-refractivity contribution in [3.8, 4) is 6.07 Å². The third kappa shape index (κ3) is 3.24. The van der Waals surface area contributed by atoms with Crippen LogP contribution in [0.25, 0.3) is 0 Å². The fraction of sp³-hybridized carbons (Fsp3) is 0.867. The zero-order valence-electron chi connectivity index (χ0n) is 12.7. The molecule has 0 bridgehead atoms. The summed E-state index contributed by atoms with van der Waals surface area (Å²) in [5.74, 6) is -0.0779. The van der Waals surface area contributed by atoms with Crippen LogP contribution in [0.5, 0.6) is 0 Å². The molecule has 0 aromatic carbocycles. The van der Waals surface area contributed by atoms with E-state index in [0.717, 1.165) is 32.4 Å². The molecule has 2 rings (SSSR count). The lowest BCUT2D eigenvalue weighted by atomic mass is 9.65. The molecular formula is C15H25N3O2. The lowest BCUT2D eigenvalue weighted by Crippen LogP contribution is -2.53. The van der Waals surface area contributed by atoms with Crippen molar-refractivity contribution in [1.29, 1.82) is 5.26 Å². The SMILES string of the molecule is CC(C)(C)OC(=O)N1CCC2(CCNCC2)C(C#N)C1. The lowest BCUT2D eigenvalue weighted by molar-refractivity contribution is -0.00688. The summed E-state index contributed by atoms with van der Waals surface area (Å²) in [7, 11) is 0. The quantitative estimate of drug-likeness (QED) is 0.738. The summed E-state index contributed by atoms with van der Waals surface area (Å²) in [6.45, 7) is 8.76. The Labute approximate surface area is 121 Å². The third-order valence-corrected chi connectivity index (χ3v) is 4.43. The molecule has 20 heavy (non-hydrogen) atoms. The molecule has 0 saturated carbocycles. The van der Waals surface area contributed by atoms with Gasteiger partial charge in [0.25, 0.3) is 0 Å². The maximum Gasteiger partial charge on any atom is 0.410 e. The molecule has 5 heteroatoms. The number of nitriles is 1. The molecule has 112 valence electrons. The number of piperidine rings is 2. The first kappa shape index (κ1) is 15.1. The Balaban J connectivity index is 2.02. The normalized spacial score (nSPS) is 26.1. The minimum Gasteiger partial charge on any atom is -0.444 e. The topological polar surface area (TPSA) is 65.4 Å². The van der Waals surface area contributed by atoms with E-state index in [1.54, 1.807) is 4.90 Å². The first-order valence-electron chi connectivity index (χ1n) is 7.45. The minimum atomic E-state index is -0.483. The van der Waals surface area contributed by atoms with Gasteiger partial charge in [0, 0.05) is 13.1 Å². The molecule has 0 aliphatic carbocycles. The van der Waals surface area contributed by atoms with Crippen LogP contribution in [0.2, 0.25) is 0 Å². The summed E-state index contributed by atoms with van der Waals surface area (Å²) < 4.78 is 5.41. The van der Waals surface area contributed by atoms with Crippen LogP contribution < -0.4 is 5.32 Å². The van der Waals surface area contributed by atoms with E-state index in [1.165, 1.54) is 0 Å². The van der Waals surface area contributed by atoms with Gasteiger partial charge in [0.05, 0.1) is 12.0 Å². The number of ether oxygens (including phenoxy) is 1. The smallest absolute Gasteiger partial charge is 0.410 e. The standard InChI is InChI=1S/C15H25N3O2/c1-14(2,3)20-13(19)18-9-6-15(12(10-16)11-18)4-7-17-8-5-15/h12,17H,4-9,11H2,1-3H3. The second-order valence-electron chi connectivity index (χ2n) is 6.97. The summed E-state index contributed by atoms with van der Waals surface area (Å²) >= 11 is 0. The fourth-order valence-corrected chi connectivity index (χ4v) is 3.23. The van der Waals surface area contributed by atoms with Crippen molar-refractivity contribution in [1.82, 2.24) is 10.2 Å². The van der Waals surface area contributed by atoms with E-state index in [9.17, 15) is 10.1 Å². The van der Waals surface area contributed by atoms with Crippen LogP contribution in [0.15, 0.2) is 0 Å². The number of nitrogens with one attached hydrogen (secondary N) is 1. The van der Waals surface area contributed by atoms with Crippen molar-refractivity contribution in [2.24, 2.45) is 11.3 Å². The van der Waals surface area contributed by atoms with E-state index in [0.29, 0.717) is 13.1 Å². The highest BCUT2D eigenvalue weighted by atomic mass is 16.6. The molecule has 0 radical (unpaired) electrons. The minimum absolute atomic E-state index is 0.0779. The van der Waals surface area contributed by atoms with E-state index >= 15 is 0 Å². The summed E-state index contributed by atoms with van der Waals surface area (Å²) in [5.41, 5.74) is -0.387. The second-order valence-corrected chi connectivity index (χ2v) is 6.97. The number of likely N-dealkylation sites (tertiary alicyclic amines) is 1. The van der Waals surface area contributed by atoms with Crippen molar-refractivity contribution in [2.75, 3.05) is 26.2 Å². The first-order valence-corrected chi connectivity index (χ1v) is 7.45. The Bertz CT molecular complexity index is 402. The van der Waals surface area contributed by atoms with E-state index in [2.05, 4.69) is 11.4 Å². The highest BCUT2D eigenvalue weighted by molar-refractivity contribution is 5.68. The summed E-state index contributed by atoms with van der Waals surface area (Å²) in [4.78, 5) is 13.8. The van der Waals surface area contributed by atoms with E-state index in [1.807, 2.05) is 20.8 Å². The molecule has 5 nitrogen and oxygen atoms in total. The van der Waals surface area contributed by atoms with E-state index < -0.39 is 5.60 Å². The van der Waals surface area contributed by atoms with Crippen LogP contribution >= 0.6 is 0 Å². The molecular weight excluding hydrogens is 254 g/mol. The molecule has 0 aromatic rings. The number of rotatable bonds is 0. The van der Waals surface area contributed by atoms with Crippen LogP contribution in [0.1, 0.15) is 40.0 Å². The summed E-state index contributed by atoms with van der Waals surface area (Å²) in [6, 6.07) is 2.43. The third-order valence-electron chi connectivity index (χ3n) is 4.43. The molecule has 2 saturated heterocycles. The number of carbonyl (C=O) groups excluding carboxylic acids is 1. The summed E-state index contributed by atoms with van der Waals surface area (Å²) in [5, 5.41) is 12.8. The summed E-state index contributed by atoms with van der Waals surface area (Å²) in [6.07, 6.45) is 2.69. The molecule has 2 heterocycles. The Morgan fingerprint density at radius 1 is 1.35 bits per heavy atom. The van der Waals surface area contributed by atoms with Crippen LogP contribution in [-0.2, 0) is 4.74 Å². The van der Waals surface area contributed by atoms with Crippen molar-refractivity contribution >= 4 is 6.09 Å². The van der Waals surface area contributed by atoms with Crippen LogP contribution in [0.3, 0.4) is 0 Å². The van der Waals surface area contributed by atoms with Crippen molar-refractivity contribution in [2.45, 2.75) is 45.6 Å². The van der Waals surface area contributed by atoms with Gasteiger partial charge < -0.3 is 15.0 Å². The molecule has 2 aliphatic heterocycles. The maximum absolute atomic E-state index is 12.1. The Morgan fingerprint density at radius 2 is 2.00 bits per heavy atom. The molecule has 1 atom stereocenters. The number of hydrogen-bond acceptors (Lipinski definition) is 4. The zero-order valence-corrected chi connectivity index (χ0v) is 12.7. The molecule has 1 unspecified atom stereocenters. The number of carbonyl (C=O) groups is 1. The largest absolute Gasteiger partial charge is 0.444 e. The molecule has 2 fully saturated rings. The van der Waals surface area contributed by atoms with E-state index in [-0.39, 0.29) is 17.4 Å². The van der Waals surface area contributed by atoms with Crippen molar-refractivity contribution < 1.29 is 9.53 Å². The van der Waals surface area contributed by atoms with Gasteiger partial charge in [-0.05, 0) is 58.5 Å². The van der Waals surface area contributed by atoms with Gasteiger partial charge in [-0.2, -0.15) is 5.26 Å². The Kier molecular flexibility index (Phi) is 4.24. The molecule has 1 amide bonds. The average molecular weight is 279 g/mol. The lowest BCUT2D eigenvalue weighted by Gasteiger charge is -2.47. The van der Waals surface area contributed by atoms with Crippen molar-refractivity contribution in [3.63, 3.8) is 0 Å². The monoisotopic (exact) mass is 279 g/mol. The van der Waals surface area contributed by atoms with Gasteiger partial charge >= 0.3 is 6.09 Å². The fourth-order valence-electron chi connectivity index (χ4n) is 3.23. The van der Waals surface area contributed by atoms with Gasteiger partial charge in [-0.3, -0.25) is 0 Å². The van der Waals surface area contributed by atoms with Gasteiger partial charge in [-0.15, -0.1) is 0 Å².